The molecule has 0 fully saturated rings. The fourth-order valence-corrected chi connectivity index (χ4v) is 1.25. The lowest BCUT2D eigenvalue weighted by Crippen LogP contribution is -2.32. The summed E-state index contributed by atoms with van der Waals surface area (Å²) in [5.41, 5.74) is 1.87. The van der Waals surface area contributed by atoms with E-state index in [1.807, 2.05) is 5.43 Å². The van der Waals surface area contributed by atoms with E-state index < -0.39 is 24.5 Å². The van der Waals surface area contributed by atoms with Crippen molar-refractivity contribution in [3.05, 3.63) is 35.6 Å². The van der Waals surface area contributed by atoms with Crippen LogP contribution in [0.25, 0.3) is 0 Å². The molecule has 84 valence electrons. The number of halogens is 4. The van der Waals surface area contributed by atoms with Crippen LogP contribution in [0.5, 0.6) is 0 Å². The van der Waals surface area contributed by atoms with Crippen LogP contribution < -0.4 is 11.3 Å². The smallest absolute Gasteiger partial charge is 0.271 e. The number of nitrogens with two attached hydrogens (primary N) is 1. The monoisotopic (exact) mass is 222 g/mol. The normalized spacial score (nSPS) is 13.9. The Morgan fingerprint density at radius 1 is 1.27 bits per heavy atom. The molecule has 1 atom stereocenters. The summed E-state index contributed by atoms with van der Waals surface area (Å²) in [4.78, 5) is 0. The molecule has 6 heteroatoms. The number of hydrogen-bond acceptors (Lipinski definition) is 2. The molecular formula is C9H10F4N2. The van der Waals surface area contributed by atoms with Crippen molar-refractivity contribution in [1.82, 2.24) is 5.43 Å². The van der Waals surface area contributed by atoms with Gasteiger partial charge in [0.25, 0.3) is 0 Å². The topological polar surface area (TPSA) is 38.0 Å². The Kier molecular flexibility index (Phi) is 3.65. The predicted octanol–water partition coefficient (Wildman–Crippen LogP) is 2.28. The molecule has 0 aromatic heterocycles. The molecule has 1 aromatic carbocycles. The highest BCUT2D eigenvalue weighted by Crippen LogP contribution is 2.29. The molecule has 0 bridgehead atoms. The second-order valence-corrected chi connectivity index (χ2v) is 3.06. The van der Waals surface area contributed by atoms with E-state index in [1.165, 1.54) is 18.2 Å². The highest BCUT2D eigenvalue weighted by Gasteiger charge is 2.33. The summed E-state index contributed by atoms with van der Waals surface area (Å²) in [6.45, 7) is 0. The van der Waals surface area contributed by atoms with Gasteiger partial charge in [0, 0.05) is 5.56 Å². The Morgan fingerprint density at radius 3 is 2.33 bits per heavy atom. The predicted molar refractivity (Wildman–Crippen MR) is 47.1 cm³/mol. The van der Waals surface area contributed by atoms with E-state index in [1.54, 1.807) is 0 Å². The van der Waals surface area contributed by atoms with Gasteiger partial charge in [-0.3, -0.25) is 11.3 Å². The molecule has 2 nitrogen and oxygen atoms in total. The Hall–Kier alpha value is -1.14. The quantitative estimate of drug-likeness (QED) is 0.467. The lowest BCUT2D eigenvalue weighted by atomic mass is 10.0. The average molecular weight is 222 g/mol. The summed E-state index contributed by atoms with van der Waals surface area (Å²) in [5.74, 6) is 4.26. The zero-order chi connectivity index (χ0) is 11.5. The number of benzene rings is 1. The maximum absolute atomic E-state index is 13.1. The minimum Gasteiger partial charge on any atom is -0.271 e. The largest absolute Gasteiger partial charge is 0.390 e. The van der Waals surface area contributed by atoms with E-state index in [-0.39, 0.29) is 5.56 Å². The molecule has 1 rings (SSSR count). The Balaban J connectivity index is 2.88. The molecule has 0 aliphatic carbocycles. The zero-order valence-corrected chi connectivity index (χ0v) is 7.68. The van der Waals surface area contributed by atoms with Gasteiger partial charge in [0.1, 0.15) is 5.82 Å². The third-order valence-corrected chi connectivity index (χ3v) is 1.92. The molecule has 3 N–H and O–H groups in total. The van der Waals surface area contributed by atoms with Crippen LogP contribution in [0.15, 0.2) is 24.3 Å². The molecule has 0 saturated carbocycles. The van der Waals surface area contributed by atoms with Gasteiger partial charge in [-0.1, -0.05) is 18.2 Å². The number of hydrazine groups is 1. The van der Waals surface area contributed by atoms with Gasteiger partial charge in [0.15, 0.2) is 0 Å². The molecule has 0 aliphatic rings. The molecule has 1 unspecified atom stereocenters. The lowest BCUT2D eigenvalue weighted by Gasteiger charge is -2.18. The third-order valence-electron chi connectivity index (χ3n) is 1.92. The molecule has 0 saturated heterocycles. The van der Waals surface area contributed by atoms with Crippen LogP contribution in [0.1, 0.15) is 18.0 Å². The van der Waals surface area contributed by atoms with Gasteiger partial charge in [-0.2, -0.15) is 13.2 Å². The fourth-order valence-electron chi connectivity index (χ4n) is 1.25. The SMILES string of the molecule is NNC(CC(F)(F)F)c1ccccc1F. The van der Waals surface area contributed by atoms with Crippen molar-refractivity contribution >= 4 is 0 Å². The maximum Gasteiger partial charge on any atom is 0.390 e. The maximum atomic E-state index is 13.1. The first-order valence-electron chi connectivity index (χ1n) is 4.21. The minimum atomic E-state index is -4.39. The number of alkyl halides is 3. The summed E-state index contributed by atoms with van der Waals surface area (Å²) < 4.78 is 49.4. The molecular weight excluding hydrogens is 212 g/mol. The standard InChI is InChI=1S/C9H10F4N2/c10-7-4-2-1-3-6(7)8(15-14)5-9(11,12)13/h1-4,8,15H,5,14H2. The first-order chi connectivity index (χ1) is 6.94. The second-order valence-electron chi connectivity index (χ2n) is 3.06. The van der Waals surface area contributed by atoms with Crippen molar-refractivity contribution in [2.75, 3.05) is 0 Å². The van der Waals surface area contributed by atoms with Crippen molar-refractivity contribution in [1.29, 1.82) is 0 Å². The van der Waals surface area contributed by atoms with Crippen molar-refractivity contribution in [2.45, 2.75) is 18.6 Å². The van der Waals surface area contributed by atoms with Crippen LogP contribution in [-0.4, -0.2) is 6.18 Å². The second kappa shape index (κ2) is 4.59. The molecule has 0 heterocycles. The summed E-state index contributed by atoms with van der Waals surface area (Å²) in [7, 11) is 0. The highest BCUT2D eigenvalue weighted by molar-refractivity contribution is 5.21. The zero-order valence-electron chi connectivity index (χ0n) is 7.68. The first kappa shape index (κ1) is 11.9. The lowest BCUT2D eigenvalue weighted by molar-refractivity contribution is -0.140. The van der Waals surface area contributed by atoms with Gasteiger partial charge in [-0.05, 0) is 6.07 Å². The number of nitrogens with one attached hydrogen (secondary N) is 1. The number of hydrogen-bond donors (Lipinski definition) is 2. The fraction of sp³-hybridized carbons (Fsp3) is 0.333. The van der Waals surface area contributed by atoms with E-state index in [9.17, 15) is 17.6 Å². The van der Waals surface area contributed by atoms with Crippen molar-refractivity contribution in [2.24, 2.45) is 5.84 Å². The van der Waals surface area contributed by atoms with Gasteiger partial charge in [-0.15, -0.1) is 0 Å². The molecule has 0 amide bonds. The third kappa shape index (κ3) is 3.49. The Labute approximate surface area is 84.0 Å². The van der Waals surface area contributed by atoms with E-state index in [0.717, 1.165) is 6.07 Å². The van der Waals surface area contributed by atoms with Crippen molar-refractivity contribution in [3.8, 4) is 0 Å². The van der Waals surface area contributed by atoms with Crippen LogP contribution in [0.3, 0.4) is 0 Å². The van der Waals surface area contributed by atoms with E-state index in [2.05, 4.69) is 0 Å². The minimum absolute atomic E-state index is 0.0858. The molecule has 0 aliphatic heterocycles. The number of rotatable bonds is 3. The van der Waals surface area contributed by atoms with Gasteiger partial charge in [0.05, 0.1) is 12.5 Å². The van der Waals surface area contributed by atoms with Gasteiger partial charge in [0.2, 0.25) is 0 Å². The van der Waals surface area contributed by atoms with Crippen molar-refractivity contribution < 1.29 is 17.6 Å². The molecule has 1 aromatic rings. The van der Waals surface area contributed by atoms with E-state index in [4.69, 9.17) is 5.84 Å². The highest BCUT2D eigenvalue weighted by atomic mass is 19.4. The molecule has 0 spiro atoms. The van der Waals surface area contributed by atoms with Crippen LogP contribution >= 0.6 is 0 Å². The first-order valence-corrected chi connectivity index (χ1v) is 4.21. The summed E-state index contributed by atoms with van der Waals surface area (Å²) in [5, 5.41) is 0. The Morgan fingerprint density at radius 2 is 1.87 bits per heavy atom. The van der Waals surface area contributed by atoms with E-state index in [0.29, 0.717) is 0 Å². The summed E-state index contributed by atoms with van der Waals surface area (Å²) in [6, 6.07) is 3.96. The van der Waals surface area contributed by atoms with Crippen molar-refractivity contribution in [3.63, 3.8) is 0 Å². The van der Waals surface area contributed by atoms with Gasteiger partial charge >= 0.3 is 6.18 Å². The molecule has 0 radical (unpaired) electrons. The summed E-state index contributed by atoms with van der Waals surface area (Å²) >= 11 is 0. The van der Waals surface area contributed by atoms with Crippen LogP contribution in [0.4, 0.5) is 17.6 Å². The van der Waals surface area contributed by atoms with Crippen LogP contribution in [-0.2, 0) is 0 Å². The Bertz CT molecular complexity index is 324. The molecule has 15 heavy (non-hydrogen) atoms. The van der Waals surface area contributed by atoms with Crippen LogP contribution in [0, 0.1) is 5.82 Å². The van der Waals surface area contributed by atoms with E-state index >= 15 is 0 Å². The average Bonchev–Trinajstić information content (AvgIpc) is 2.14. The van der Waals surface area contributed by atoms with Gasteiger partial charge in [-0.25, -0.2) is 4.39 Å². The van der Waals surface area contributed by atoms with Crippen LogP contribution in [0.2, 0.25) is 0 Å². The summed E-state index contributed by atoms with van der Waals surface area (Å²) in [6.07, 6.45) is -5.59. The van der Waals surface area contributed by atoms with Gasteiger partial charge < -0.3 is 0 Å².